The molecule has 6 heteroatoms. The average Bonchev–Trinajstić information content (AvgIpc) is 3.05. The molecule has 0 radical (unpaired) electrons. The van der Waals surface area contributed by atoms with Crippen LogP contribution in [0.3, 0.4) is 0 Å². The van der Waals surface area contributed by atoms with Crippen molar-refractivity contribution in [2.24, 2.45) is 0 Å². The van der Waals surface area contributed by atoms with E-state index >= 15 is 0 Å². The highest BCUT2D eigenvalue weighted by molar-refractivity contribution is 5.92. The first-order valence-electron chi connectivity index (χ1n) is 8.10. The summed E-state index contributed by atoms with van der Waals surface area (Å²) in [6.07, 6.45) is 3.64. The van der Waals surface area contributed by atoms with E-state index in [9.17, 15) is 9.59 Å². The van der Waals surface area contributed by atoms with E-state index in [0.717, 1.165) is 18.4 Å². The lowest BCUT2D eigenvalue weighted by Crippen LogP contribution is -2.27. The van der Waals surface area contributed by atoms with Gasteiger partial charge in [0.15, 0.2) is 0 Å². The van der Waals surface area contributed by atoms with Crippen LogP contribution in [0.4, 0.5) is 0 Å². The summed E-state index contributed by atoms with van der Waals surface area (Å²) in [5.41, 5.74) is 2.50. The minimum absolute atomic E-state index is 0.157. The lowest BCUT2D eigenvalue weighted by molar-refractivity contribution is -0.140. The maximum absolute atomic E-state index is 12.3. The number of nitrogens with zero attached hydrogens (tertiary/aromatic N) is 2. The van der Waals surface area contributed by atoms with Gasteiger partial charge in [-0.1, -0.05) is 37.6 Å². The van der Waals surface area contributed by atoms with Crippen molar-refractivity contribution < 1.29 is 14.7 Å². The number of benzene rings is 1. The van der Waals surface area contributed by atoms with Crippen molar-refractivity contribution in [2.75, 3.05) is 0 Å². The normalized spacial score (nSPS) is 13.3. The van der Waals surface area contributed by atoms with Crippen molar-refractivity contribution in [3.8, 4) is 0 Å². The standard InChI is InChI=1S/C18H23N3O3/c1-4-5-14-6-8-15(9-7-14)12(2)19-17(22)16-10-11-21(20-16)13(3)18(23)24/h6-13H,4-5H2,1-3H3,(H,19,22)(H,23,24). The molecular weight excluding hydrogens is 306 g/mol. The zero-order chi connectivity index (χ0) is 17.7. The Kier molecular flexibility index (Phi) is 5.73. The van der Waals surface area contributed by atoms with Gasteiger partial charge in [-0.15, -0.1) is 0 Å². The van der Waals surface area contributed by atoms with E-state index in [1.807, 2.05) is 19.1 Å². The Hall–Kier alpha value is -2.63. The molecule has 2 atom stereocenters. The SMILES string of the molecule is CCCc1ccc(C(C)NC(=O)c2ccn(C(C)C(=O)O)n2)cc1. The van der Waals surface area contributed by atoms with Gasteiger partial charge >= 0.3 is 5.97 Å². The molecule has 128 valence electrons. The number of hydrogen-bond acceptors (Lipinski definition) is 3. The molecule has 0 fully saturated rings. The molecule has 2 N–H and O–H groups in total. The maximum Gasteiger partial charge on any atom is 0.328 e. The first kappa shape index (κ1) is 17.7. The Morgan fingerprint density at radius 2 is 1.88 bits per heavy atom. The first-order valence-corrected chi connectivity index (χ1v) is 8.10. The van der Waals surface area contributed by atoms with Crippen LogP contribution in [-0.4, -0.2) is 26.8 Å². The highest BCUT2D eigenvalue weighted by Gasteiger charge is 2.18. The Morgan fingerprint density at radius 1 is 1.21 bits per heavy atom. The van der Waals surface area contributed by atoms with Gasteiger partial charge in [0.1, 0.15) is 11.7 Å². The fourth-order valence-electron chi connectivity index (χ4n) is 2.40. The van der Waals surface area contributed by atoms with Crippen LogP contribution < -0.4 is 5.32 Å². The largest absolute Gasteiger partial charge is 0.480 e. The molecule has 0 bridgehead atoms. The van der Waals surface area contributed by atoms with Gasteiger partial charge in [-0.2, -0.15) is 5.10 Å². The molecule has 0 aliphatic carbocycles. The van der Waals surface area contributed by atoms with Crippen LogP contribution in [0.2, 0.25) is 0 Å². The van der Waals surface area contributed by atoms with Crippen LogP contribution in [0.25, 0.3) is 0 Å². The molecule has 1 heterocycles. The molecular formula is C18H23N3O3. The summed E-state index contributed by atoms with van der Waals surface area (Å²) >= 11 is 0. The molecule has 0 saturated carbocycles. The van der Waals surface area contributed by atoms with Crippen molar-refractivity contribution in [2.45, 2.75) is 45.7 Å². The molecule has 1 aromatic heterocycles. The number of aryl methyl sites for hydroxylation is 1. The highest BCUT2D eigenvalue weighted by atomic mass is 16.4. The van der Waals surface area contributed by atoms with Gasteiger partial charge in [0, 0.05) is 6.20 Å². The van der Waals surface area contributed by atoms with Gasteiger partial charge in [0.2, 0.25) is 0 Å². The Bertz CT molecular complexity index is 707. The third kappa shape index (κ3) is 4.22. The van der Waals surface area contributed by atoms with Gasteiger partial charge in [-0.05, 0) is 37.5 Å². The van der Waals surface area contributed by atoms with Crippen LogP contribution in [-0.2, 0) is 11.2 Å². The summed E-state index contributed by atoms with van der Waals surface area (Å²) in [6.45, 7) is 5.56. The Morgan fingerprint density at radius 3 is 2.46 bits per heavy atom. The molecule has 0 spiro atoms. The zero-order valence-electron chi connectivity index (χ0n) is 14.2. The second kappa shape index (κ2) is 7.77. The summed E-state index contributed by atoms with van der Waals surface area (Å²) in [6, 6.07) is 8.73. The summed E-state index contributed by atoms with van der Waals surface area (Å²) in [7, 11) is 0. The second-order valence-corrected chi connectivity index (χ2v) is 5.88. The number of amides is 1. The predicted octanol–water partition coefficient (Wildman–Crippen LogP) is 2.97. The predicted molar refractivity (Wildman–Crippen MR) is 90.9 cm³/mol. The number of carboxylic acids is 1. The molecule has 1 aromatic carbocycles. The smallest absolute Gasteiger partial charge is 0.328 e. The van der Waals surface area contributed by atoms with Crippen LogP contribution in [0, 0.1) is 0 Å². The third-order valence-electron chi connectivity index (χ3n) is 3.96. The number of hydrogen-bond donors (Lipinski definition) is 2. The summed E-state index contributed by atoms with van der Waals surface area (Å²) in [4.78, 5) is 23.2. The molecule has 2 unspecified atom stereocenters. The van der Waals surface area contributed by atoms with Gasteiger partial charge in [0.05, 0.1) is 6.04 Å². The summed E-state index contributed by atoms with van der Waals surface area (Å²) < 4.78 is 1.27. The highest BCUT2D eigenvalue weighted by Crippen LogP contribution is 2.15. The summed E-state index contributed by atoms with van der Waals surface area (Å²) in [5, 5.41) is 15.9. The quantitative estimate of drug-likeness (QED) is 0.818. The van der Waals surface area contributed by atoms with Gasteiger partial charge in [-0.25, -0.2) is 4.79 Å². The first-order chi connectivity index (χ1) is 11.4. The monoisotopic (exact) mass is 329 g/mol. The van der Waals surface area contributed by atoms with E-state index in [-0.39, 0.29) is 17.6 Å². The molecule has 0 aliphatic heterocycles. The van der Waals surface area contributed by atoms with Crippen molar-refractivity contribution in [1.82, 2.24) is 15.1 Å². The van der Waals surface area contributed by atoms with Crippen LogP contribution in [0.15, 0.2) is 36.5 Å². The fourth-order valence-corrected chi connectivity index (χ4v) is 2.40. The Balaban J connectivity index is 2.02. The Labute approximate surface area is 141 Å². The zero-order valence-corrected chi connectivity index (χ0v) is 14.2. The molecule has 6 nitrogen and oxygen atoms in total. The molecule has 0 saturated heterocycles. The van der Waals surface area contributed by atoms with Crippen molar-refractivity contribution in [3.05, 3.63) is 53.3 Å². The van der Waals surface area contributed by atoms with E-state index in [1.165, 1.54) is 29.4 Å². The average molecular weight is 329 g/mol. The van der Waals surface area contributed by atoms with E-state index in [0.29, 0.717) is 0 Å². The van der Waals surface area contributed by atoms with Gasteiger partial charge in [-0.3, -0.25) is 9.48 Å². The third-order valence-corrected chi connectivity index (χ3v) is 3.96. The van der Waals surface area contributed by atoms with E-state index in [1.54, 1.807) is 0 Å². The number of carbonyl (C=O) groups is 2. The van der Waals surface area contributed by atoms with Gasteiger partial charge in [0.25, 0.3) is 5.91 Å². The minimum Gasteiger partial charge on any atom is -0.480 e. The summed E-state index contributed by atoms with van der Waals surface area (Å²) in [5.74, 6) is -1.32. The molecule has 2 rings (SSSR count). The number of aliphatic carboxylic acids is 1. The van der Waals surface area contributed by atoms with Crippen LogP contribution in [0.1, 0.15) is 60.9 Å². The van der Waals surface area contributed by atoms with Crippen LogP contribution in [0.5, 0.6) is 0 Å². The topological polar surface area (TPSA) is 84.2 Å². The van der Waals surface area contributed by atoms with Crippen molar-refractivity contribution >= 4 is 11.9 Å². The molecule has 0 aliphatic rings. The number of aromatic nitrogens is 2. The van der Waals surface area contributed by atoms with Crippen molar-refractivity contribution in [1.29, 1.82) is 0 Å². The van der Waals surface area contributed by atoms with E-state index in [4.69, 9.17) is 5.11 Å². The maximum atomic E-state index is 12.3. The molecule has 24 heavy (non-hydrogen) atoms. The van der Waals surface area contributed by atoms with E-state index in [2.05, 4.69) is 29.5 Å². The number of carbonyl (C=O) groups excluding carboxylic acids is 1. The van der Waals surface area contributed by atoms with Crippen LogP contribution >= 0.6 is 0 Å². The molecule has 2 aromatic rings. The van der Waals surface area contributed by atoms with Crippen molar-refractivity contribution in [3.63, 3.8) is 0 Å². The number of carboxylic acid groups (broad SMARTS) is 1. The number of nitrogens with one attached hydrogen (secondary N) is 1. The lowest BCUT2D eigenvalue weighted by atomic mass is 10.0. The van der Waals surface area contributed by atoms with E-state index < -0.39 is 12.0 Å². The molecule has 1 amide bonds. The second-order valence-electron chi connectivity index (χ2n) is 5.88. The van der Waals surface area contributed by atoms with Gasteiger partial charge < -0.3 is 10.4 Å². The fraction of sp³-hybridized carbons (Fsp3) is 0.389. The number of rotatable bonds is 7. The minimum atomic E-state index is -0.995. The lowest BCUT2D eigenvalue weighted by Gasteiger charge is -2.14.